The van der Waals surface area contributed by atoms with Crippen LogP contribution in [-0.2, 0) is 13.1 Å². The Labute approximate surface area is 160 Å². The van der Waals surface area contributed by atoms with Crippen molar-refractivity contribution in [2.24, 2.45) is 4.99 Å². The van der Waals surface area contributed by atoms with Crippen LogP contribution in [0.5, 0.6) is 11.5 Å². The van der Waals surface area contributed by atoms with Crippen molar-refractivity contribution < 1.29 is 9.47 Å². The Morgan fingerprint density at radius 3 is 2.50 bits per heavy atom. The number of benzene rings is 1. The first-order valence-electron chi connectivity index (χ1n) is 7.53. The third-order valence-corrected chi connectivity index (χ3v) is 3.49. The predicted octanol–water partition coefficient (Wildman–Crippen LogP) is 2.49. The third kappa shape index (κ3) is 5.95. The van der Waals surface area contributed by atoms with Gasteiger partial charge in [0.15, 0.2) is 5.96 Å². The van der Waals surface area contributed by atoms with Gasteiger partial charge in [0.25, 0.3) is 0 Å². The van der Waals surface area contributed by atoms with Crippen molar-refractivity contribution in [3.8, 4) is 11.5 Å². The molecule has 24 heavy (non-hydrogen) atoms. The second-order valence-corrected chi connectivity index (χ2v) is 4.95. The molecule has 0 amide bonds. The molecule has 0 aliphatic rings. The van der Waals surface area contributed by atoms with E-state index in [4.69, 9.17) is 9.47 Å². The summed E-state index contributed by atoms with van der Waals surface area (Å²) in [6, 6.07) is 9.81. The van der Waals surface area contributed by atoms with Gasteiger partial charge in [-0.15, -0.1) is 24.0 Å². The van der Waals surface area contributed by atoms with Gasteiger partial charge in [-0.25, -0.2) is 0 Å². The van der Waals surface area contributed by atoms with Crippen LogP contribution in [0.3, 0.4) is 0 Å². The molecule has 0 spiro atoms. The van der Waals surface area contributed by atoms with Gasteiger partial charge in [0.2, 0.25) is 0 Å². The van der Waals surface area contributed by atoms with Crippen LogP contribution in [-0.4, -0.2) is 38.3 Å². The van der Waals surface area contributed by atoms with E-state index >= 15 is 0 Å². The molecule has 0 radical (unpaired) electrons. The SMILES string of the molecule is CN=C(NCCn1cccc1)NCc1ccc(OC)cc1OC.I. The van der Waals surface area contributed by atoms with Gasteiger partial charge in [0.05, 0.1) is 14.2 Å². The molecule has 6 nitrogen and oxygen atoms in total. The Bertz CT molecular complexity index is 630. The summed E-state index contributed by atoms with van der Waals surface area (Å²) >= 11 is 0. The topological polar surface area (TPSA) is 59.8 Å². The molecule has 2 N–H and O–H groups in total. The van der Waals surface area contributed by atoms with Crippen molar-refractivity contribution >= 4 is 29.9 Å². The molecule has 7 heteroatoms. The summed E-state index contributed by atoms with van der Waals surface area (Å²) in [4.78, 5) is 4.23. The summed E-state index contributed by atoms with van der Waals surface area (Å²) in [6.45, 7) is 2.31. The second kappa shape index (κ2) is 10.8. The zero-order valence-electron chi connectivity index (χ0n) is 14.3. The molecule has 0 fully saturated rings. The van der Waals surface area contributed by atoms with Crippen molar-refractivity contribution in [2.45, 2.75) is 13.1 Å². The van der Waals surface area contributed by atoms with E-state index in [1.165, 1.54) is 0 Å². The summed E-state index contributed by atoms with van der Waals surface area (Å²) in [7, 11) is 5.06. The highest BCUT2D eigenvalue weighted by Crippen LogP contribution is 2.24. The lowest BCUT2D eigenvalue weighted by Gasteiger charge is -2.14. The van der Waals surface area contributed by atoms with Crippen LogP contribution < -0.4 is 20.1 Å². The standard InChI is InChI=1S/C17H24N4O2.HI/c1-18-17(19-8-11-21-9-4-5-10-21)20-13-14-6-7-15(22-2)12-16(14)23-3;/h4-7,9-10,12H,8,11,13H2,1-3H3,(H2,18,19,20);1H. The van der Waals surface area contributed by atoms with E-state index in [1.54, 1.807) is 21.3 Å². The lowest BCUT2D eigenvalue weighted by atomic mass is 10.2. The minimum atomic E-state index is 0. The van der Waals surface area contributed by atoms with Gasteiger partial charge in [-0.3, -0.25) is 4.99 Å². The summed E-state index contributed by atoms with van der Waals surface area (Å²) in [6.07, 6.45) is 4.08. The molecular formula is C17H25IN4O2. The van der Waals surface area contributed by atoms with Gasteiger partial charge in [-0.2, -0.15) is 0 Å². The van der Waals surface area contributed by atoms with Crippen LogP contribution in [0.2, 0.25) is 0 Å². The number of hydrogen-bond acceptors (Lipinski definition) is 3. The average molecular weight is 444 g/mol. The Morgan fingerprint density at radius 1 is 1.12 bits per heavy atom. The molecule has 0 bridgehead atoms. The molecule has 0 saturated carbocycles. The Balaban J connectivity index is 0.00000288. The summed E-state index contributed by atoms with van der Waals surface area (Å²) in [5, 5.41) is 6.58. The van der Waals surface area contributed by atoms with E-state index in [-0.39, 0.29) is 24.0 Å². The van der Waals surface area contributed by atoms with Gasteiger partial charge in [0.1, 0.15) is 11.5 Å². The van der Waals surface area contributed by atoms with Crippen LogP contribution in [0.1, 0.15) is 5.56 Å². The van der Waals surface area contributed by atoms with Crippen molar-refractivity contribution in [3.05, 3.63) is 48.3 Å². The van der Waals surface area contributed by atoms with Crippen LogP contribution in [0, 0.1) is 0 Å². The van der Waals surface area contributed by atoms with Gasteiger partial charge >= 0.3 is 0 Å². The van der Waals surface area contributed by atoms with Crippen LogP contribution in [0.25, 0.3) is 0 Å². The molecule has 0 aliphatic heterocycles. The first-order chi connectivity index (χ1) is 11.3. The number of nitrogens with zero attached hydrogens (tertiary/aromatic N) is 2. The van der Waals surface area contributed by atoms with Crippen LogP contribution in [0.4, 0.5) is 0 Å². The number of nitrogens with one attached hydrogen (secondary N) is 2. The highest BCUT2D eigenvalue weighted by atomic mass is 127. The van der Waals surface area contributed by atoms with E-state index in [1.807, 2.05) is 42.7 Å². The monoisotopic (exact) mass is 444 g/mol. The second-order valence-electron chi connectivity index (χ2n) is 4.95. The van der Waals surface area contributed by atoms with Gasteiger partial charge < -0.3 is 24.7 Å². The Hall–Kier alpha value is -1.90. The first kappa shape index (κ1) is 20.1. The molecule has 0 saturated heterocycles. The molecule has 0 unspecified atom stereocenters. The van der Waals surface area contributed by atoms with E-state index in [0.29, 0.717) is 6.54 Å². The van der Waals surface area contributed by atoms with Crippen molar-refractivity contribution in [1.82, 2.24) is 15.2 Å². The fourth-order valence-corrected chi connectivity index (χ4v) is 2.22. The zero-order chi connectivity index (χ0) is 16.5. The summed E-state index contributed by atoms with van der Waals surface area (Å²) in [5.41, 5.74) is 1.04. The molecular weight excluding hydrogens is 419 g/mol. The number of aromatic nitrogens is 1. The largest absolute Gasteiger partial charge is 0.497 e. The average Bonchev–Trinajstić information content (AvgIpc) is 3.11. The fraction of sp³-hybridized carbons (Fsp3) is 0.353. The lowest BCUT2D eigenvalue weighted by Crippen LogP contribution is -2.38. The van der Waals surface area contributed by atoms with E-state index in [9.17, 15) is 0 Å². The third-order valence-electron chi connectivity index (χ3n) is 3.49. The van der Waals surface area contributed by atoms with E-state index in [0.717, 1.165) is 36.1 Å². The molecule has 132 valence electrons. The number of guanidine groups is 1. The van der Waals surface area contributed by atoms with Gasteiger partial charge in [0, 0.05) is 50.7 Å². The number of halogens is 1. The molecule has 1 aromatic heterocycles. The first-order valence-corrected chi connectivity index (χ1v) is 7.53. The summed E-state index contributed by atoms with van der Waals surface area (Å²) in [5.74, 6) is 2.33. The van der Waals surface area contributed by atoms with E-state index in [2.05, 4.69) is 20.2 Å². The predicted molar refractivity (Wildman–Crippen MR) is 108 cm³/mol. The van der Waals surface area contributed by atoms with Crippen LogP contribution in [0.15, 0.2) is 47.7 Å². The Morgan fingerprint density at radius 2 is 1.88 bits per heavy atom. The Kier molecular flexibility index (Phi) is 9.06. The van der Waals surface area contributed by atoms with Crippen molar-refractivity contribution in [2.75, 3.05) is 27.8 Å². The minimum Gasteiger partial charge on any atom is -0.497 e. The number of hydrogen-bond donors (Lipinski definition) is 2. The normalized spacial score (nSPS) is 10.7. The quantitative estimate of drug-likeness (QED) is 0.392. The molecule has 1 aromatic carbocycles. The number of ether oxygens (including phenoxy) is 2. The maximum Gasteiger partial charge on any atom is 0.191 e. The maximum absolute atomic E-state index is 5.40. The van der Waals surface area contributed by atoms with Crippen molar-refractivity contribution in [3.63, 3.8) is 0 Å². The highest BCUT2D eigenvalue weighted by Gasteiger charge is 2.06. The number of rotatable bonds is 7. The molecule has 0 aliphatic carbocycles. The minimum absolute atomic E-state index is 0. The van der Waals surface area contributed by atoms with Crippen molar-refractivity contribution in [1.29, 1.82) is 0 Å². The molecule has 1 heterocycles. The zero-order valence-corrected chi connectivity index (χ0v) is 16.6. The maximum atomic E-state index is 5.40. The highest BCUT2D eigenvalue weighted by molar-refractivity contribution is 14.0. The number of aliphatic imine (C=N–C) groups is 1. The lowest BCUT2D eigenvalue weighted by molar-refractivity contribution is 0.390. The number of methoxy groups -OCH3 is 2. The fourth-order valence-electron chi connectivity index (χ4n) is 2.22. The van der Waals surface area contributed by atoms with Gasteiger partial charge in [-0.1, -0.05) is 0 Å². The smallest absolute Gasteiger partial charge is 0.191 e. The molecule has 2 rings (SSSR count). The molecule has 2 aromatic rings. The molecule has 0 atom stereocenters. The summed E-state index contributed by atoms with van der Waals surface area (Å²) < 4.78 is 12.7. The van der Waals surface area contributed by atoms with Gasteiger partial charge in [-0.05, 0) is 24.3 Å². The van der Waals surface area contributed by atoms with Crippen LogP contribution >= 0.6 is 24.0 Å². The van der Waals surface area contributed by atoms with E-state index < -0.39 is 0 Å².